The second-order valence-electron chi connectivity index (χ2n) is 5.81. The number of hydrogen-bond donors (Lipinski definition) is 1. The summed E-state index contributed by atoms with van der Waals surface area (Å²) in [6, 6.07) is 6.64. The van der Waals surface area contributed by atoms with Gasteiger partial charge < -0.3 is 10.1 Å². The summed E-state index contributed by atoms with van der Waals surface area (Å²) in [4.78, 5) is 0.385. The molecule has 5 heteroatoms. The molecule has 0 spiro atoms. The Morgan fingerprint density at radius 2 is 1.80 bits per heavy atom. The minimum Gasteiger partial charge on any atom is -0.497 e. The number of ether oxygens (including phenoxy) is 1. The zero-order valence-corrected chi connectivity index (χ0v) is 13.0. The van der Waals surface area contributed by atoms with E-state index in [-0.39, 0.29) is 11.2 Å². The second kappa shape index (κ2) is 6.14. The molecule has 1 aromatic rings. The first-order chi connectivity index (χ1) is 9.45. The lowest BCUT2D eigenvalue weighted by Crippen LogP contribution is -2.35. The van der Waals surface area contributed by atoms with Crippen LogP contribution in [0.2, 0.25) is 0 Å². The second-order valence-corrected chi connectivity index (χ2v) is 7.91. The molecule has 4 nitrogen and oxygen atoms in total. The average molecular weight is 297 g/mol. The fourth-order valence-corrected chi connectivity index (χ4v) is 4.11. The largest absolute Gasteiger partial charge is 0.497 e. The molecule has 1 heterocycles. The van der Waals surface area contributed by atoms with Crippen LogP contribution in [-0.4, -0.2) is 34.4 Å². The Balaban J connectivity index is 2.02. The van der Waals surface area contributed by atoms with Crippen molar-refractivity contribution in [1.82, 2.24) is 5.32 Å². The lowest BCUT2D eigenvalue weighted by Gasteiger charge is -2.34. The van der Waals surface area contributed by atoms with E-state index in [4.69, 9.17) is 4.74 Å². The molecule has 0 unspecified atom stereocenters. The number of nitrogens with one attached hydrogen (secondary N) is 1. The highest BCUT2D eigenvalue weighted by Gasteiger charge is 2.29. The normalized spacial score (nSPS) is 18.7. The minimum absolute atomic E-state index is 0.144. The van der Waals surface area contributed by atoms with Gasteiger partial charge in [0.05, 0.1) is 17.8 Å². The van der Waals surface area contributed by atoms with Crippen LogP contribution in [0.5, 0.6) is 5.75 Å². The summed E-state index contributed by atoms with van der Waals surface area (Å²) in [5, 5.41) is 3.32. The van der Waals surface area contributed by atoms with Crippen molar-refractivity contribution in [3.8, 4) is 5.75 Å². The minimum atomic E-state index is -3.20. The number of rotatable bonds is 5. The lowest BCUT2D eigenvalue weighted by molar-refractivity contribution is 0.222. The maximum absolute atomic E-state index is 12.4. The van der Waals surface area contributed by atoms with Gasteiger partial charge in [-0.05, 0) is 62.0 Å². The van der Waals surface area contributed by atoms with E-state index in [1.165, 1.54) is 0 Å². The standard InChI is InChI=1S/C15H23NO3S/c1-15(7-10-16-11-8-15)9-12-20(17,18)14-5-3-13(19-2)4-6-14/h3-6,16H,7-12H2,1-2H3. The van der Waals surface area contributed by atoms with Crippen LogP contribution in [0.3, 0.4) is 0 Å². The average Bonchev–Trinajstić information content (AvgIpc) is 2.46. The number of piperidine rings is 1. The van der Waals surface area contributed by atoms with Crippen molar-refractivity contribution in [2.24, 2.45) is 5.41 Å². The van der Waals surface area contributed by atoms with Gasteiger partial charge in [0.1, 0.15) is 5.75 Å². The van der Waals surface area contributed by atoms with Crippen molar-refractivity contribution in [2.75, 3.05) is 26.0 Å². The Kier molecular flexibility index (Phi) is 4.70. The van der Waals surface area contributed by atoms with Crippen LogP contribution in [0, 0.1) is 5.41 Å². The summed E-state index contributed by atoms with van der Waals surface area (Å²) >= 11 is 0. The molecule has 1 fully saturated rings. The first-order valence-corrected chi connectivity index (χ1v) is 8.68. The Labute approximate surface area is 121 Å². The van der Waals surface area contributed by atoms with E-state index in [1.807, 2.05) is 0 Å². The maximum atomic E-state index is 12.4. The molecule has 0 atom stereocenters. The number of sulfone groups is 1. The van der Waals surface area contributed by atoms with E-state index in [2.05, 4.69) is 12.2 Å². The Bertz CT molecular complexity index is 531. The smallest absolute Gasteiger partial charge is 0.178 e. The SMILES string of the molecule is COc1ccc(S(=O)(=O)CCC2(C)CCNCC2)cc1. The van der Waals surface area contributed by atoms with Gasteiger partial charge in [0, 0.05) is 0 Å². The van der Waals surface area contributed by atoms with Gasteiger partial charge >= 0.3 is 0 Å². The summed E-state index contributed by atoms with van der Waals surface area (Å²) < 4.78 is 29.8. The van der Waals surface area contributed by atoms with E-state index >= 15 is 0 Å². The zero-order valence-electron chi connectivity index (χ0n) is 12.2. The van der Waals surface area contributed by atoms with E-state index in [9.17, 15) is 8.42 Å². The van der Waals surface area contributed by atoms with Crippen molar-refractivity contribution in [2.45, 2.75) is 31.1 Å². The summed E-state index contributed by atoms with van der Waals surface area (Å²) in [5.74, 6) is 0.893. The third-order valence-corrected chi connectivity index (χ3v) is 5.94. The third kappa shape index (κ3) is 3.73. The van der Waals surface area contributed by atoms with Gasteiger partial charge in [0.25, 0.3) is 0 Å². The number of methoxy groups -OCH3 is 1. The van der Waals surface area contributed by atoms with Gasteiger partial charge in [0.2, 0.25) is 0 Å². The van der Waals surface area contributed by atoms with Gasteiger partial charge in [-0.15, -0.1) is 0 Å². The zero-order chi connectivity index (χ0) is 14.6. The molecule has 0 radical (unpaired) electrons. The third-order valence-electron chi connectivity index (χ3n) is 4.20. The number of benzene rings is 1. The van der Waals surface area contributed by atoms with Crippen LogP contribution in [0.1, 0.15) is 26.2 Å². The van der Waals surface area contributed by atoms with Gasteiger partial charge in [-0.2, -0.15) is 0 Å². The lowest BCUT2D eigenvalue weighted by atomic mass is 9.79. The van der Waals surface area contributed by atoms with Crippen LogP contribution in [0.4, 0.5) is 0 Å². The van der Waals surface area contributed by atoms with Crippen molar-refractivity contribution >= 4 is 9.84 Å². The summed E-state index contributed by atoms with van der Waals surface area (Å²) in [6.45, 7) is 4.16. The molecule has 1 aliphatic heterocycles. The van der Waals surface area contributed by atoms with Crippen LogP contribution in [-0.2, 0) is 9.84 Å². The van der Waals surface area contributed by atoms with Crippen molar-refractivity contribution in [1.29, 1.82) is 0 Å². The van der Waals surface area contributed by atoms with Gasteiger partial charge in [-0.3, -0.25) is 0 Å². The highest BCUT2D eigenvalue weighted by atomic mass is 32.2. The molecule has 0 saturated carbocycles. The quantitative estimate of drug-likeness (QED) is 0.905. The molecule has 1 N–H and O–H groups in total. The van der Waals surface area contributed by atoms with Crippen LogP contribution >= 0.6 is 0 Å². The molecule has 0 aliphatic carbocycles. The predicted octanol–water partition coefficient (Wildman–Crippen LogP) is 2.25. The van der Waals surface area contributed by atoms with Crippen molar-refractivity contribution in [3.05, 3.63) is 24.3 Å². The molecule has 0 amide bonds. The first kappa shape index (κ1) is 15.3. The van der Waals surface area contributed by atoms with Crippen LogP contribution in [0.25, 0.3) is 0 Å². The van der Waals surface area contributed by atoms with Gasteiger partial charge in [0.15, 0.2) is 9.84 Å². The van der Waals surface area contributed by atoms with Gasteiger partial charge in [-0.25, -0.2) is 8.42 Å². The van der Waals surface area contributed by atoms with E-state index in [1.54, 1.807) is 31.4 Å². The molecule has 1 aliphatic rings. The Morgan fingerprint density at radius 3 is 2.35 bits per heavy atom. The molecule has 2 rings (SSSR count). The molecular weight excluding hydrogens is 274 g/mol. The summed E-state index contributed by atoms with van der Waals surface area (Å²) in [7, 11) is -1.63. The molecule has 1 saturated heterocycles. The van der Waals surface area contributed by atoms with Crippen molar-refractivity contribution < 1.29 is 13.2 Å². The summed E-state index contributed by atoms with van der Waals surface area (Å²) in [6.07, 6.45) is 2.82. The van der Waals surface area contributed by atoms with E-state index in [0.29, 0.717) is 10.6 Å². The molecule has 1 aromatic carbocycles. The van der Waals surface area contributed by atoms with Gasteiger partial charge in [-0.1, -0.05) is 6.92 Å². The fraction of sp³-hybridized carbons (Fsp3) is 0.600. The monoisotopic (exact) mass is 297 g/mol. The Morgan fingerprint density at radius 1 is 1.20 bits per heavy atom. The molecule has 0 aromatic heterocycles. The maximum Gasteiger partial charge on any atom is 0.178 e. The van der Waals surface area contributed by atoms with E-state index in [0.717, 1.165) is 32.4 Å². The predicted molar refractivity (Wildman–Crippen MR) is 79.9 cm³/mol. The highest BCUT2D eigenvalue weighted by Crippen LogP contribution is 2.33. The molecule has 0 bridgehead atoms. The number of hydrogen-bond acceptors (Lipinski definition) is 4. The highest BCUT2D eigenvalue weighted by molar-refractivity contribution is 7.91. The molecule has 20 heavy (non-hydrogen) atoms. The van der Waals surface area contributed by atoms with Crippen LogP contribution < -0.4 is 10.1 Å². The topological polar surface area (TPSA) is 55.4 Å². The molecule has 112 valence electrons. The summed E-state index contributed by atoms with van der Waals surface area (Å²) in [5.41, 5.74) is 0.144. The van der Waals surface area contributed by atoms with E-state index < -0.39 is 9.84 Å². The first-order valence-electron chi connectivity index (χ1n) is 7.03. The van der Waals surface area contributed by atoms with Crippen molar-refractivity contribution in [3.63, 3.8) is 0 Å². The molecular formula is C15H23NO3S. The Hall–Kier alpha value is -1.07. The van der Waals surface area contributed by atoms with Crippen LogP contribution in [0.15, 0.2) is 29.2 Å². The fourth-order valence-electron chi connectivity index (χ4n) is 2.56.